The van der Waals surface area contributed by atoms with Crippen LogP contribution in [0.3, 0.4) is 0 Å². The third-order valence-corrected chi connectivity index (χ3v) is 2.92. The summed E-state index contributed by atoms with van der Waals surface area (Å²) < 4.78 is 5.58. The fourth-order valence-corrected chi connectivity index (χ4v) is 2.08. The van der Waals surface area contributed by atoms with E-state index in [0.717, 1.165) is 32.4 Å². The van der Waals surface area contributed by atoms with Crippen LogP contribution in [-0.2, 0) is 9.53 Å². The van der Waals surface area contributed by atoms with Crippen molar-refractivity contribution in [2.24, 2.45) is 5.73 Å². The second-order valence-electron chi connectivity index (χ2n) is 4.36. The molecule has 0 radical (unpaired) electrons. The Bertz CT molecular complexity index is 197. The smallest absolute Gasteiger partial charge is 0.225 e. The van der Waals surface area contributed by atoms with E-state index >= 15 is 0 Å². The number of carbonyl (C=O) groups excluding carboxylic acids is 1. The Balaban J connectivity index is 2.34. The lowest BCUT2D eigenvalue weighted by Gasteiger charge is -2.26. The second-order valence-corrected chi connectivity index (χ2v) is 4.36. The first-order chi connectivity index (χ1) is 7.77. The summed E-state index contributed by atoms with van der Waals surface area (Å²) in [6, 6.07) is 0. The minimum absolute atomic E-state index is 0.137. The Morgan fingerprint density at radius 2 is 2.25 bits per heavy atom. The highest BCUT2D eigenvalue weighted by atomic mass is 16.5. The Morgan fingerprint density at radius 3 is 2.81 bits per heavy atom. The maximum atomic E-state index is 12.0. The van der Waals surface area contributed by atoms with Crippen molar-refractivity contribution in [3.05, 3.63) is 0 Å². The molecule has 1 aliphatic rings. The van der Waals surface area contributed by atoms with Crippen molar-refractivity contribution in [1.29, 1.82) is 0 Å². The van der Waals surface area contributed by atoms with Crippen LogP contribution < -0.4 is 5.73 Å². The Morgan fingerprint density at radius 1 is 1.44 bits per heavy atom. The summed E-state index contributed by atoms with van der Waals surface area (Å²) in [5.74, 6) is 0.194. The molecular weight excluding hydrogens is 204 g/mol. The predicted octanol–water partition coefficient (Wildman–Crippen LogP) is 1.14. The Labute approximate surface area is 98.1 Å². The van der Waals surface area contributed by atoms with Gasteiger partial charge in [0.05, 0.1) is 12.5 Å². The van der Waals surface area contributed by atoms with Crippen LogP contribution in [0, 0.1) is 0 Å². The molecule has 0 spiro atoms. The van der Waals surface area contributed by atoms with Gasteiger partial charge in [-0.2, -0.15) is 0 Å². The maximum Gasteiger partial charge on any atom is 0.225 e. The summed E-state index contributed by atoms with van der Waals surface area (Å²) in [4.78, 5) is 13.8. The lowest BCUT2D eigenvalue weighted by molar-refractivity contribution is -0.135. The van der Waals surface area contributed by atoms with Gasteiger partial charge in [-0.1, -0.05) is 6.92 Å². The van der Waals surface area contributed by atoms with Crippen molar-refractivity contribution in [3.8, 4) is 0 Å². The van der Waals surface area contributed by atoms with Crippen LogP contribution in [-0.4, -0.2) is 43.2 Å². The predicted molar refractivity (Wildman–Crippen MR) is 64.1 cm³/mol. The SMILES string of the molecule is CCCN(CCN)C(=O)CC1CCCCO1. The monoisotopic (exact) mass is 228 g/mol. The molecule has 0 aromatic carbocycles. The fraction of sp³-hybridized carbons (Fsp3) is 0.917. The summed E-state index contributed by atoms with van der Waals surface area (Å²) in [7, 11) is 0. The number of nitrogens with zero attached hydrogens (tertiary/aromatic N) is 1. The normalized spacial score (nSPS) is 20.8. The van der Waals surface area contributed by atoms with E-state index in [4.69, 9.17) is 10.5 Å². The lowest BCUT2D eigenvalue weighted by atomic mass is 10.1. The van der Waals surface area contributed by atoms with E-state index in [0.29, 0.717) is 19.5 Å². The third-order valence-electron chi connectivity index (χ3n) is 2.92. The zero-order valence-corrected chi connectivity index (χ0v) is 10.3. The van der Waals surface area contributed by atoms with Gasteiger partial charge in [-0.3, -0.25) is 4.79 Å². The van der Waals surface area contributed by atoms with E-state index in [1.807, 2.05) is 4.90 Å². The van der Waals surface area contributed by atoms with Crippen LogP contribution in [0.2, 0.25) is 0 Å². The molecule has 0 aromatic rings. The molecule has 1 heterocycles. The van der Waals surface area contributed by atoms with Gasteiger partial charge in [-0.15, -0.1) is 0 Å². The zero-order chi connectivity index (χ0) is 11.8. The molecule has 1 fully saturated rings. The van der Waals surface area contributed by atoms with Crippen LogP contribution in [0.25, 0.3) is 0 Å². The van der Waals surface area contributed by atoms with Crippen LogP contribution in [0.4, 0.5) is 0 Å². The molecule has 4 heteroatoms. The molecule has 2 N–H and O–H groups in total. The molecule has 0 aromatic heterocycles. The minimum atomic E-state index is 0.137. The number of ether oxygens (including phenoxy) is 1. The maximum absolute atomic E-state index is 12.0. The van der Waals surface area contributed by atoms with E-state index < -0.39 is 0 Å². The first-order valence-electron chi connectivity index (χ1n) is 6.37. The molecule has 1 rings (SSSR count). The van der Waals surface area contributed by atoms with Gasteiger partial charge in [0, 0.05) is 26.2 Å². The van der Waals surface area contributed by atoms with Crippen molar-refractivity contribution in [3.63, 3.8) is 0 Å². The quantitative estimate of drug-likeness (QED) is 0.742. The van der Waals surface area contributed by atoms with Crippen molar-refractivity contribution < 1.29 is 9.53 Å². The van der Waals surface area contributed by atoms with E-state index in [1.165, 1.54) is 6.42 Å². The van der Waals surface area contributed by atoms with Gasteiger partial charge < -0.3 is 15.4 Å². The van der Waals surface area contributed by atoms with E-state index in [2.05, 4.69) is 6.92 Å². The number of nitrogens with two attached hydrogens (primary N) is 1. The largest absolute Gasteiger partial charge is 0.378 e. The summed E-state index contributed by atoms with van der Waals surface area (Å²) in [6.45, 7) is 4.90. The number of amides is 1. The highest BCUT2D eigenvalue weighted by Crippen LogP contribution is 2.16. The molecule has 0 saturated carbocycles. The summed E-state index contributed by atoms with van der Waals surface area (Å²) in [5, 5.41) is 0. The van der Waals surface area contributed by atoms with Crippen molar-refractivity contribution in [2.45, 2.75) is 45.1 Å². The van der Waals surface area contributed by atoms with Gasteiger partial charge in [-0.25, -0.2) is 0 Å². The summed E-state index contributed by atoms with van der Waals surface area (Å²) in [6.07, 6.45) is 4.98. The van der Waals surface area contributed by atoms with Gasteiger partial charge in [0.1, 0.15) is 0 Å². The Kier molecular flexibility index (Phi) is 6.42. The number of hydrogen-bond acceptors (Lipinski definition) is 3. The first-order valence-corrected chi connectivity index (χ1v) is 6.37. The van der Waals surface area contributed by atoms with Crippen LogP contribution in [0.1, 0.15) is 39.0 Å². The number of carbonyl (C=O) groups is 1. The molecule has 1 atom stereocenters. The van der Waals surface area contributed by atoms with Crippen LogP contribution in [0.5, 0.6) is 0 Å². The molecule has 4 nitrogen and oxygen atoms in total. The van der Waals surface area contributed by atoms with Crippen LogP contribution in [0.15, 0.2) is 0 Å². The molecule has 1 aliphatic heterocycles. The van der Waals surface area contributed by atoms with E-state index in [1.54, 1.807) is 0 Å². The van der Waals surface area contributed by atoms with Gasteiger partial charge in [-0.05, 0) is 25.7 Å². The zero-order valence-electron chi connectivity index (χ0n) is 10.3. The third kappa shape index (κ3) is 4.49. The standard InChI is InChI=1S/C12H24N2O2/c1-2-7-14(8-6-13)12(15)10-11-5-3-4-9-16-11/h11H,2-10,13H2,1H3. The average molecular weight is 228 g/mol. The molecule has 1 saturated heterocycles. The topological polar surface area (TPSA) is 55.6 Å². The molecular formula is C12H24N2O2. The van der Waals surface area contributed by atoms with E-state index in [9.17, 15) is 4.79 Å². The summed E-state index contributed by atoms with van der Waals surface area (Å²) in [5.41, 5.74) is 5.51. The molecule has 1 unspecified atom stereocenters. The van der Waals surface area contributed by atoms with Gasteiger partial charge in [0.2, 0.25) is 5.91 Å². The first kappa shape index (κ1) is 13.5. The number of rotatable bonds is 6. The van der Waals surface area contributed by atoms with Crippen molar-refractivity contribution >= 4 is 5.91 Å². The summed E-state index contributed by atoms with van der Waals surface area (Å²) >= 11 is 0. The number of hydrogen-bond donors (Lipinski definition) is 1. The highest BCUT2D eigenvalue weighted by molar-refractivity contribution is 5.76. The second kappa shape index (κ2) is 7.63. The average Bonchev–Trinajstić information content (AvgIpc) is 2.30. The van der Waals surface area contributed by atoms with Crippen molar-refractivity contribution in [2.75, 3.05) is 26.2 Å². The van der Waals surface area contributed by atoms with Gasteiger partial charge >= 0.3 is 0 Å². The van der Waals surface area contributed by atoms with Crippen LogP contribution >= 0.6 is 0 Å². The highest BCUT2D eigenvalue weighted by Gasteiger charge is 2.20. The molecule has 1 amide bonds. The minimum Gasteiger partial charge on any atom is -0.378 e. The van der Waals surface area contributed by atoms with Crippen molar-refractivity contribution in [1.82, 2.24) is 4.90 Å². The molecule has 0 aliphatic carbocycles. The molecule has 94 valence electrons. The lowest BCUT2D eigenvalue weighted by Crippen LogP contribution is -2.38. The Hall–Kier alpha value is -0.610. The van der Waals surface area contributed by atoms with Gasteiger partial charge in [0.25, 0.3) is 0 Å². The molecule has 0 bridgehead atoms. The van der Waals surface area contributed by atoms with E-state index in [-0.39, 0.29) is 12.0 Å². The van der Waals surface area contributed by atoms with Gasteiger partial charge in [0.15, 0.2) is 0 Å². The molecule has 16 heavy (non-hydrogen) atoms. The fourth-order valence-electron chi connectivity index (χ4n) is 2.08.